The highest BCUT2D eigenvalue weighted by Gasteiger charge is 2.37. The molecule has 0 spiro atoms. The third-order valence-corrected chi connectivity index (χ3v) is 5.86. The lowest BCUT2D eigenvalue weighted by atomic mass is 9.94. The number of likely N-dealkylation sites (N-methyl/N-ethyl adjacent to an activating group) is 1. The molecule has 156 valence electrons. The van der Waals surface area contributed by atoms with Crippen molar-refractivity contribution in [3.63, 3.8) is 0 Å². The Kier molecular flexibility index (Phi) is 5.46. The number of fused-ring (bicyclic) bond motifs is 1. The topological polar surface area (TPSA) is 84.1 Å². The maximum atomic E-state index is 7.02. The first kappa shape index (κ1) is 20.1. The van der Waals surface area contributed by atoms with Gasteiger partial charge in [-0.15, -0.1) is 0 Å². The number of ether oxygens (including phenoxy) is 2. The van der Waals surface area contributed by atoms with Crippen molar-refractivity contribution < 1.29 is 9.47 Å². The van der Waals surface area contributed by atoms with Crippen molar-refractivity contribution in [1.29, 1.82) is 0 Å². The largest absolute Gasteiger partial charge is 0.486 e. The summed E-state index contributed by atoms with van der Waals surface area (Å²) in [4.78, 5) is 6.56. The summed E-state index contributed by atoms with van der Waals surface area (Å²) in [6.07, 6.45) is 6.10. The van der Waals surface area contributed by atoms with Gasteiger partial charge in [-0.2, -0.15) is 0 Å². The average Bonchev–Trinajstić information content (AvgIpc) is 2.91. The van der Waals surface area contributed by atoms with Crippen LogP contribution in [-0.4, -0.2) is 51.1 Å². The molecule has 0 amide bonds. The highest BCUT2D eigenvalue weighted by molar-refractivity contribution is 6.33. The second-order valence-electron chi connectivity index (χ2n) is 7.73. The van der Waals surface area contributed by atoms with Gasteiger partial charge in [-0.25, -0.2) is 0 Å². The SMILES string of the molecule is CN=C1C=C(C)NC(N)(c2cc3c(c(C4=CCN(C)CCC4)c2Cl)OCCO3)N1. The van der Waals surface area contributed by atoms with Crippen LogP contribution in [0.1, 0.15) is 30.9 Å². The van der Waals surface area contributed by atoms with E-state index in [9.17, 15) is 0 Å². The molecule has 3 aliphatic heterocycles. The van der Waals surface area contributed by atoms with Crippen LogP contribution in [0.5, 0.6) is 11.5 Å². The third-order valence-electron chi connectivity index (χ3n) is 5.46. The summed E-state index contributed by atoms with van der Waals surface area (Å²) in [6, 6.07) is 1.87. The van der Waals surface area contributed by atoms with Gasteiger partial charge < -0.3 is 25.0 Å². The second kappa shape index (κ2) is 7.89. The molecule has 0 saturated heterocycles. The zero-order valence-corrected chi connectivity index (χ0v) is 17.9. The van der Waals surface area contributed by atoms with Crippen molar-refractivity contribution in [3.05, 3.63) is 40.1 Å². The van der Waals surface area contributed by atoms with Gasteiger partial charge in [-0.3, -0.25) is 10.7 Å². The van der Waals surface area contributed by atoms with Gasteiger partial charge in [-0.05, 0) is 51.1 Å². The van der Waals surface area contributed by atoms with E-state index in [-0.39, 0.29) is 0 Å². The normalized spacial score (nSPS) is 26.2. The van der Waals surface area contributed by atoms with Crippen LogP contribution in [0.4, 0.5) is 0 Å². The summed E-state index contributed by atoms with van der Waals surface area (Å²) in [6.45, 7) is 4.85. The van der Waals surface area contributed by atoms with Crippen LogP contribution in [0.15, 0.2) is 28.9 Å². The van der Waals surface area contributed by atoms with Crippen molar-refractivity contribution in [2.24, 2.45) is 10.7 Å². The Labute approximate surface area is 176 Å². The standard InChI is InChI=1S/C21H28ClN5O2/c1-13-11-17(24-2)26-21(23,25-13)15-12-16-20(29-10-9-28-16)18(19(15)22)14-5-4-7-27(3)8-6-14/h6,11-12,25H,4-5,7-10,23H2,1-3H3,(H,24,26). The van der Waals surface area contributed by atoms with E-state index >= 15 is 0 Å². The number of benzene rings is 1. The maximum absolute atomic E-state index is 7.02. The first-order chi connectivity index (χ1) is 13.9. The minimum Gasteiger partial charge on any atom is -0.486 e. The van der Waals surface area contributed by atoms with E-state index in [1.165, 1.54) is 5.57 Å². The Morgan fingerprint density at radius 2 is 2.07 bits per heavy atom. The van der Waals surface area contributed by atoms with Crippen molar-refractivity contribution in [3.8, 4) is 11.5 Å². The smallest absolute Gasteiger partial charge is 0.191 e. The number of aliphatic imine (C=N–C) groups is 1. The fraction of sp³-hybridized carbons (Fsp3) is 0.476. The maximum Gasteiger partial charge on any atom is 0.191 e. The van der Waals surface area contributed by atoms with Gasteiger partial charge in [0.1, 0.15) is 19.0 Å². The van der Waals surface area contributed by atoms with Crippen molar-refractivity contribution in [2.45, 2.75) is 25.6 Å². The summed E-state index contributed by atoms with van der Waals surface area (Å²) in [5.74, 6) is 0.945. The molecule has 0 aliphatic carbocycles. The molecule has 1 aromatic carbocycles. The molecule has 29 heavy (non-hydrogen) atoms. The zero-order chi connectivity index (χ0) is 20.6. The number of allylic oxidation sites excluding steroid dienone is 2. The van der Waals surface area contributed by atoms with Crippen molar-refractivity contribution in [2.75, 3.05) is 40.4 Å². The minimum absolute atomic E-state index is 0.494. The van der Waals surface area contributed by atoms with Crippen LogP contribution in [-0.2, 0) is 5.79 Å². The van der Waals surface area contributed by atoms with Crippen molar-refractivity contribution >= 4 is 23.0 Å². The summed E-state index contributed by atoms with van der Waals surface area (Å²) in [5, 5.41) is 7.13. The molecule has 4 N–H and O–H groups in total. The molecule has 1 aromatic rings. The van der Waals surface area contributed by atoms with Gasteiger partial charge in [0.25, 0.3) is 0 Å². The summed E-state index contributed by atoms with van der Waals surface area (Å²) >= 11 is 7.02. The van der Waals surface area contributed by atoms with Gasteiger partial charge in [0.15, 0.2) is 17.3 Å². The molecule has 0 radical (unpaired) electrons. The number of nitrogens with two attached hydrogens (primary N) is 1. The molecule has 0 bridgehead atoms. The Bertz CT molecular complexity index is 911. The quantitative estimate of drug-likeness (QED) is 0.685. The fourth-order valence-corrected chi connectivity index (χ4v) is 4.45. The highest BCUT2D eigenvalue weighted by atomic mass is 35.5. The van der Waals surface area contributed by atoms with Crippen LogP contribution in [0.2, 0.25) is 5.02 Å². The van der Waals surface area contributed by atoms with E-state index in [1.807, 2.05) is 19.1 Å². The number of hydrogen-bond donors (Lipinski definition) is 3. The molecule has 3 heterocycles. The molecule has 7 nitrogen and oxygen atoms in total. The minimum atomic E-state index is -1.11. The first-order valence-electron chi connectivity index (χ1n) is 9.92. The van der Waals surface area contributed by atoms with Crippen LogP contribution in [0.3, 0.4) is 0 Å². The number of rotatable bonds is 2. The average molecular weight is 418 g/mol. The van der Waals surface area contributed by atoms with Crippen molar-refractivity contribution in [1.82, 2.24) is 15.5 Å². The molecule has 4 rings (SSSR count). The lowest BCUT2D eigenvalue weighted by molar-refractivity contribution is 0.170. The van der Waals surface area contributed by atoms with E-state index in [4.69, 9.17) is 26.8 Å². The zero-order valence-electron chi connectivity index (χ0n) is 17.1. The fourth-order valence-electron chi connectivity index (χ4n) is 4.04. The Morgan fingerprint density at radius 3 is 2.86 bits per heavy atom. The monoisotopic (exact) mass is 417 g/mol. The third kappa shape index (κ3) is 3.82. The molecule has 0 saturated carbocycles. The lowest BCUT2D eigenvalue weighted by Gasteiger charge is -2.39. The summed E-state index contributed by atoms with van der Waals surface area (Å²) in [5.41, 5.74) is 10.4. The highest BCUT2D eigenvalue weighted by Crippen LogP contribution is 2.47. The predicted molar refractivity (Wildman–Crippen MR) is 116 cm³/mol. The van der Waals surface area contributed by atoms with E-state index in [0.29, 0.717) is 41.1 Å². The number of halogens is 1. The molecule has 0 fully saturated rings. The van der Waals surface area contributed by atoms with Crippen LogP contribution in [0, 0.1) is 0 Å². The molecule has 3 aliphatic rings. The van der Waals surface area contributed by atoms with Gasteiger partial charge in [-0.1, -0.05) is 17.7 Å². The summed E-state index contributed by atoms with van der Waals surface area (Å²) < 4.78 is 12.0. The Hall–Kier alpha value is -2.22. The van der Waals surface area contributed by atoms with E-state index in [0.717, 1.165) is 37.2 Å². The molecular formula is C21H28ClN5O2. The van der Waals surface area contributed by atoms with E-state index in [2.05, 4.69) is 33.6 Å². The second-order valence-corrected chi connectivity index (χ2v) is 8.10. The van der Waals surface area contributed by atoms with Crippen LogP contribution >= 0.6 is 11.6 Å². The Balaban J connectivity index is 1.87. The number of nitrogens with zero attached hydrogens (tertiary/aromatic N) is 2. The van der Waals surface area contributed by atoms with E-state index < -0.39 is 5.79 Å². The van der Waals surface area contributed by atoms with Gasteiger partial charge >= 0.3 is 0 Å². The number of hydrogen-bond acceptors (Lipinski definition) is 6. The summed E-state index contributed by atoms with van der Waals surface area (Å²) in [7, 11) is 3.85. The molecular weight excluding hydrogens is 390 g/mol. The molecule has 1 atom stereocenters. The molecule has 0 aromatic heterocycles. The van der Waals surface area contributed by atoms with Crippen LogP contribution < -0.4 is 25.8 Å². The lowest BCUT2D eigenvalue weighted by Crippen LogP contribution is -2.64. The van der Waals surface area contributed by atoms with Crippen LogP contribution in [0.25, 0.3) is 5.57 Å². The molecule has 1 unspecified atom stereocenters. The van der Waals surface area contributed by atoms with Gasteiger partial charge in [0.05, 0.1) is 5.02 Å². The van der Waals surface area contributed by atoms with E-state index in [1.54, 1.807) is 7.05 Å². The number of nitrogens with one attached hydrogen (secondary N) is 2. The first-order valence-corrected chi connectivity index (χ1v) is 10.3. The van der Waals surface area contributed by atoms with Gasteiger partial charge in [0.2, 0.25) is 0 Å². The predicted octanol–water partition coefficient (Wildman–Crippen LogP) is 2.41. The Morgan fingerprint density at radius 1 is 1.28 bits per heavy atom. The van der Waals surface area contributed by atoms with Gasteiger partial charge in [0, 0.05) is 30.4 Å². The molecule has 8 heteroatoms. The number of amidine groups is 1.